The van der Waals surface area contributed by atoms with Crippen LogP contribution in [0, 0.1) is 0 Å². The lowest BCUT2D eigenvalue weighted by atomic mass is 10.2. The summed E-state index contributed by atoms with van der Waals surface area (Å²) >= 11 is 1.43. The van der Waals surface area contributed by atoms with Gasteiger partial charge >= 0.3 is 0 Å². The van der Waals surface area contributed by atoms with Gasteiger partial charge in [-0.2, -0.15) is 0 Å². The maximum Gasteiger partial charge on any atom is 0.267 e. The van der Waals surface area contributed by atoms with Gasteiger partial charge in [0.1, 0.15) is 0 Å². The van der Waals surface area contributed by atoms with Crippen LogP contribution in [0.5, 0.6) is 0 Å². The van der Waals surface area contributed by atoms with Crippen molar-refractivity contribution >= 4 is 34.6 Å². The fourth-order valence-electron chi connectivity index (χ4n) is 2.78. The molecular weight excluding hydrogens is 366 g/mol. The second-order valence-corrected chi connectivity index (χ2v) is 7.32. The Hall–Kier alpha value is -2.63. The van der Waals surface area contributed by atoms with E-state index in [4.69, 9.17) is 4.99 Å². The van der Waals surface area contributed by atoms with Crippen molar-refractivity contribution in [3.8, 4) is 0 Å². The van der Waals surface area contributed by atoms with Crippen LogP contribution in [0.15, 0.2) is 82.7 Å². The van der Waals surface area contributed by atoms with Crippen LogP contribution in [-0.2, 0) is 4.79 Å². The molecule has 1 aliphatic rings. The number of carbonyl (C=O) groups excluding carboxylic acids is 1. The van der Waals surface area contributed by atoms with Gasteiger partial charge in [0.2, 0.25) is 0 Å². The number of para-hydroxylation sites is 1. The van der Waals surface area contributed by atoms with E-state index in [-0.39, 0.29) is 5.91 Å². The summed E-state index contributed by atoms with van der Waals surface area (Å²) in [6.45, 7) is 6.52. The first kappa shape index (κ1) is 20.1. The van der Waals surface area contributed by atoms with Gasteiger partial charge in [0.05, 0.1) is 17.3 Å². The van der Waals surface area contributed by atoms with Crippen molar-refractivity contribution in [1.29, 1.82) is 0 Å². The second-order valence-electron chi connectivity index (χ2n) is 6.31. The summed E-state index contributed by atoms with van der Waals surface area (Å²) in [7, 11) is 0. The monoisotopic (exact) mass is 391 g/mol. The Labute approximate surface area is 171 Å². The van der Waals surface area contributed by atoms with Crippen LogP contribution in [0.2, 0.25) is 0 Å². The summed E-state index contributed by atoms with van der Waals surface area (Å²) in [6, 6.07) is 19.8. The highest BCUT2D eigenvalue weighted by atomic mass is 32.2. The third-order valence-corrected chi connectivity index (χ3v) is 5.47. The Morgan fingerprint density at radius 2 is 1.64 bits per heavy atom. The van der Waals surface area contributed by atoms with E-state index in [1.165, 1.54) is 11.8 Å². The van der Waals surface area contributed by atoms with Crippen LogP contribution < -0.4 is 0 Å². The van der Waals surface area contributed by atoms with Gasteiger partial charge in [-0.15, -0.1) is 0 Å². The van der Waals surface area contributed by atoms with E-state index in [2.05, 4.69) is 18.7 Å². The molecule has 0 radical (unpaired) electrons. The molecule has 1 amide bonds. The number of hydrogen-bond donors (Lipinski definition) is 0. The molecule has 0 spiro atoms. The van der Waals surface area contributed by atoms with Gasteiger partial charge in [0.15, 0.2) is 5.17 Å². The second kappa shape index (κ2) is 10.1. The number of carbonyl (C=O) groups is 1. The highest BCUT2D eigenvalue weighted by molar-refractivity contribution is 8.18. The first-order valence-electron chi connectivity index (χ1n) is 9.50. The van der Waals surface area contributed by atoms with Crippen LogP contribution in [0.25, 0.3) is 6.08 Å². The standard InChI is InChI=1S/C23H25N3OS/c1-3-25(4-2)18-26-22(27)21(17-11-14-19-12-7-5-8-13-19)28-23(26)24-20-15-9-6-10-16-20/h5-17H,3-4,18H2,1-2H3/b14-11+,21-17+,24-23?. The number of aliphatic imine (C=N–C) groups is 1. The maximum absolute atomic E-state index is 13.0. The van der Waals surface area contributed by atoms with Crippen molar-refractivity contribution in [2.75, 3.05) is 19.8 Å². The van der Waals surface area contributed by atoms with Crippen molar-refractivity contribution in [2.45, 2.75) is 13.8 Å². The number of amides is 1. The molecule has 0 atom stereocenters. The molecule has 4 nitrogen and oxygen atoms in total. The molecular formula is C23H25N3OS. The molecule has 0 saturated carbocycles. The third kappa shape index (κ3) is 5.21. The molecule has 1 heterocycles. The molecule has 2 aromatic rings. The molecule has 144 valence electrons. The van der Waals surface area contributed by atoms with Crippen LogP contribution in [0.1, 0.15) is 19.4 Å². The topological polar surface area (TPSA) is 35.9 Å². The zero-order valence-electron chi connectivity index (χ0n) is 16.3. The molecule has 2 aromatic carbocycles. The number of allylic oxidation sites excluding steroid dienone is 2. The van der Waals surface area contributed by atoms with Crippen molar-refractivity contribution < 1.29 is 4.79 Å². The van der Waals surface area contributed by atoms with E-state index in [1.54, 1.807) is 4.90 Å². The lowest BCUT2D eigenvalue weighted by Crippen LogP contribution is -2.40. The van der Waals surface area contributed by atoms with Crippen molar-refractivity contribution in [3.63, 3.8) is 0 Å². The minimum Gasteiger partial charge on any atom is -0.286 e. The number of thioether (sulfide) groups is 1. The minimum absolute atomic E-state index is 0.00397. The molecule has 0 aromatic heterocycles. The van der Waals surface area contributed by atoms with E-state index in [1.807, 2.05) is 78.9 Å². The molecule has 0 bridgehead atoms. The smallest absolute Gasteiger partial charge is 0.267 e. The van der Waals surface area contributed by atoms with Gasteiger partial charge in [0.25, 0.3) is 5.91 Å². The van der Waals surface area contributed by atoms with Crippen molar-refractivity contribution in [2.24, 2.45) is 4.99 Å². The van der Waals surface area contributed by atoms with Gasteiger partial charge in [-0.25, -0.2) is 4.99 Å². The molecule has 5 heteroatoms. The van der Waals surface area contributed by atoms with Gasteiger partial charge in [0, 0.05) is 0 Å². The highest BCUT2D eigenvalue weighted by Crippen LogP contribution is 2.33. The zero-order valence-corrected chi connectivity index (χ0v) is 17.1. The summed E-state index contributed by atoms with van der Waals surface area (Å²) in [5.74, 6) is 0.00397. The molecule has 3 rings (SSSR count). The van der Waals surface area contributed by atoms with E-state index in [0.29, 0.717) is 11.6 Å². The summed E-state index contributed by atoms with van der Waals surface area (Å²) in [6.07, 6.45) is 5.81. The highest BCUT2D eigenvalue weighted by Gasteiger charge is 2.33. The van der Waals surface area contributed by atoms with Crippen LogP contribution in [-0.4, -0.2) is 40.6 Å². The molecule has 0 unspecified atom stereocenters. The fourth-order valence-corrected chi connectivity index (χ4v) is 3.72. The SMILES string of the molecule is CCN(CC)CN1C(=O)/C(=C\C=C\c2ccccc2)SC1=Nc1ccccc1. The predicted octanol–water partition coefficient (Wildman–Crippen LogP) is 5.15. The van der Waals surface area contributed by atoms with Crippen molar-refractivity contribution in [1.82, 2.24) is 9.80 Å². The number of rotatable bonds is 7. The average molecular weight is 392 g/mol. The first-order valence-corrected chi connectivity index (χ1v) is 10.3. The van der Waals surface area contributed by atoms with Crippen molar-refractivity contribution in [3.05, 3.63) is 83.3 Å². The lowest BCUT2D eigenvalue weighted by molar-refractivity contribution is -0.123. The summed E-state index contributed by atoms with van der Waals surface area (Å²) in [4.78, 5) is 22.4. The average Bonchev–Trinajstić information content (AvgIpc) is 3.02. The minimum atomic E-state index is 0.00397. The molecule has 0 aliphatic carbocycles. The Morgan fingerprint density at radius 1 is 1.00 bits per heavy atom. The summed E-state index contributed by atoms with van der Waals surface area (Å²) < 4.78 is 0. The fraction of sp³-hybridized carbons (Fsp3) is 0.217. The number of benzene rings is 2. The van der Waals surface area contributed by atoms with Gasteiger partial charge in [-0.3, -0.25) is 14.6 Å². The third-order valence-electron chi connectivity index (χ3n) is 4.44. The van der Waals surface area contributed by atoms with Crippen LogP contribution >= 0.6 is 11.8 Å². The zero-order chi connectivity index (χ0) is 19.8. The van der Waals surface area contributed by atoms with E-state index >= 15 is 0 Å². The lowest BCUT2D eigenvalue weighted by Gasteiger charge is -2.24. The predicted molar refractivity (Wildman–Crippen MR) is 119 cm³/mol. The Kier molecular flexibility index (Phi) is 7.23. The van der Waals surface area contributed by atoms with Gasteiger partial charge in [-0.1, -0.05) is 74.5 Å². The Bertz CT molecular complexity index is 871. The summed E-state index contributed by atoms with van der Waals surface area (Å²) in [5, 5.41) is 0.725. The maximum atomic E-state index is 13.0. The molecule has 28 heavy (non-hydrogen) atoms. The number of nitrogens with zero attached hydrogens (tertiary/aromatic N) is 3. The molecule has 0 N–H and O–H groups in total. The largest absolute Gasteiger partial charge is 0.286 e. The Balaban J connectivity index is 1.85. The number of hydrogen-bond acceptors (Lipinski definition) is 4. The van der Waals surface area contributed by atoms with Crippen LogP contribution in [0.3, 0.4) is 0 Å². The molecule has 1 fully saturated rings. The molecule has 1 saturated heterocycles. The Morgan fingerprint density at radius 3 is 2.29 bits per heavy atom. The van der Waals surface area contributed by atoms with Gasteiger partial charge < -0.3 is 0 Å². The van der Waals surface area contributed by atoms with E-state index in [0.717, 1.165) is 29.5 Å². The van der Waals surface area contributed by atoms with E-state index in [9.17, 15) is 4.79 Å². The number of amidine groups is 1. The summed E-state index contributed by atoms with van der Waals surface area (Å²) in [5.41, 5.74) is 1.95. The quantitative estimate of drug-likeness (QED) is 0.613. The van der Waals surface area contributed by atoms with Gasteiger partial charge in [-0.05, 0) is 48.6 Å². The van der Waals surface area contributed by atoms with Crippen LogP contribution in [0.4, 0.5) is 5.69 Å². The normalized spacial score (nSPS) is 17.5. The van der Waals surface area contributed by atoms with E-state index < -0.39 is 0 Å². The molecule has 1 aliphatic heterocycles. The first-order chi connectivity index (χ1) is 13.7.